The van der Waals surface area contributed by atoms with Crippen LogP contribution < -0.4 is 4.72 Å². The van der Waals surface area contributed by atoms with E-state index >= 15 is 0 Å². The molecule has 0 aliphatic carbocycles. The van der Waals surface area contributed by atoms with E-state index in [0.717, 1.165) is 0 Å². The summed E-state index contributed by atoms with van der Waals surface area (Å²) in [6.45, 7) is 8.69. The maximum absolute atomic E-state index is 3.58. The molecule has 3 aromatic rings. The second kappa shape index (κ2) is 6.81. The van der Waals surface area contributed by atoms with Crippen molar-refractivity contribution in [2.24, 2.45) is 0 Å². The highest BCUT2D eigenvalue weighted by atomic mass is 32.2. The predicted molar refractivity (Wildman–Crippen MR) is 105 cm³/mol. The summed E-state index contributed by atoms with van der Waals surface area (Å²) in [6.07, 6.45) is 0. The molecule has 0 unspecified atom stereocenters. The Balaban J connectivity index is 1.85. The van der Waals surface area contributed by atoms with E-state index in [2.05, 4.69) is 80.9 Å². The van der Waals surface area contributed by atoms with Crippen LogP contribution in [0.4, 0.5) is 5.69 Å². The zero-order chi connectivity index (χ0) is 16.4. The second-order valence-electron chi connectivity index (χ2n) is 5.83. The van der Waals surface area contributed by atoms with E-state index in [1.54, 1.807) is 11.9 Å². The summed E-state index contributed by atoms with van der Waals surface area (Å²) in [5.74, 6) is 0. The van der Waals surface area contributed by atoms with Crippen LogP contribution in [0.15, 0.2) is 53.4 Å². The molecule has 23 heavy (non-hydrogen) atoms. The van der Waals surface area contributed by atoms with Crippen LogP contribution in [0.2, 0.25) is 0 Å². The summed E-state index contributed by atoms with van der Waals surface area (Å²) >= 11 is 3.56. The molecule has 1 N–H and O–H groups in total. The van der Waals surface area contributed by atoms with Crippen molar-refractivity contribution in [3.8, 4) is 10.4 Å². The number of rotatable bonds is 4. The fourth-order valence-electron chi connectivity index (χ4n) is 2.69. The molecule has 0 saturated heterocycles. The molecule has 0 saturated carbocycles. The van der Waals surface area contributed by atoms with Gasteiger partial charge in [-0.2, -0.15) is 0 Å². The van der Waals surface area contributed by atoms with Crippen LogP contribution in [0.1, 0.15) is 21.6 Å². The second-order valence-corrected chi connectivity index (χ2v) is 7.90. The third-order valence-corrected chi connectivity index (χ3v) is 6.19. The summed E-state index contributed by atoms with van der Waals surface area (Å²) in [6, 6.07) is 17.2. The fourth-order valence-corrected chi connectivity index (χ4v) is 4.75. The van der Waals surface area contributed by atoms with Crippen molar-refractivity contribution in [2.45, 2.75) is 32.6 Å². The van der Waals surface area contributed by atoms with Gasteiger partial charge in [0.2, 0.25) is 0 Å². The Morgan fingerprint density at radius 3 is 2.35 bits per heavy atom. The number of thiophene rings is 1. The third-order valence-electron chi connectivity index (χ3n) is 3.95. The maximum Gasteiger partial charge on any atom is 0.0616 e. The number of benzene rings is 2. The normalized spacial score (nSPS) is 10.8. The Bertz CT molecular complexity index is 819. The summed E-state index contributed by atoms with van der Waals surface area (Å²) < 4.78 is 3.58. The van der Waals surface area contributed by atoms with Crippen LogP contribution in [0, 0.1) is 27.7 Å². The van der Waals surface area contributed by atoms with E-state index in [-0.39, 0.29) is 0 Å². The quantitative estimate of drug-likeness (QED) is 0.526. The molecule has 0 fully saturated rings. The van der Waals surface area contributed by atoms with Crippen molar-refractivity contribution in [2.75, 3.05) is 4.72 Å². The number of hydrogen-bond acceptors (Lipinski definition) is 3. The molecular weight excluding hydrogens is 318 g/mol. The molecule has 0 amide bonds. The number of anilines is 1. The summed E-state index contributed by atoms with van der Waals surface area (Å²) in [5, 5.41) is 0. The van der Waals surface area contributed by atoms with Gasteiger partial charge in [-0.1, -0.05) is 48.0 Å². The molecule has 0 radical (unpaired) electrons. The van der Waals surface area contributed by atoms with Crippen molar-refractivity contribution < 1.29 is 0 Å². The van der Waals surface area contributed by atoms with Crippen molar-refractivity contribution >= 4 is 29.0 Å². The van der Waals surface area contributed by atoms with E-state index in [1.807, 2.05) is 11.3 Å². The summed E-state index contributed by atoms with van der Waals surface area (Å²) in [7, 11) is 0. The lowest BCUT2D eigenvalue weighted by molar-refractivity contribution is 1.26. The molecule has 1 heterocycles. The Morgan fingerprint density at radius 2 is 1.65 bits per heavy atom. The van der Waals surface area contributed by atoms with E-state index in [1.165, 1.54) is 42.6 Å². The van der Waals surface area contributed by atoms with Gasteiger partial charge in [-0.05, 0) is 62.4 Å². The highest BCUT2D eigenvalue weighted by Crippen LogP contribution is 2.41. The lowest BCUT2D eigenvalue weighted by Gasteiger charge is -2.10. The topological polar surface area (TPSA) is 12.0 Å². The molecule has 0 aliphatic heterocycles. The van der Waals surface area contributed by atoms with Crippen LogP contribution in [0.5, 0.6) is 0 Å². The first-order valence-corrected chi connectivity index (χ1v) is 9.35. The molecule has 118 valence electrons. The van der Waals surface area contributed by atoms with Crippen LogP contribution in [0.25, 0.3) is 10.4 Å². The largest absolute Gasteiger partial charge is 0.324 e. The molecule has 0 aliphatic rings. The average molecular weight is 340 g/mol. The standard InChI is InChI=1S/C20H21NS2/c1-13-10-11-18(14(2)12-13)23-21-19-15(3)20(22-16(19)4)17-8-6-5-7-9-17/h5-12,21H,1-4H3. The van der Waals surface area contributed by atoms with Gasteiger partial charge in [-0.15, -0.1) is 11.3 Å². The molecule has 0 spiro atoms. The maximum atomic E-state index is 3.58. The minimum atomic E-state index is 1.25. The van der Waals surface area contributed by atoms with Crippen molar-refractivity contribution in [1.82, 2.24) is 0 Å². The van der Waals surface area contributed by atoms with Gasteiger partial charge in [0.25, 0.3) is 0 Å². The van der Waals surface area contributed by atoms with Gasteiger partial charge in [-0.3, -0.25) is 0 Å². The first-order chi connectivity index (χ1) is 11.1. The number of aryl methyl sites for hydroxylation is 3. The molecule has 3 heteroatoms. The molecule has 2 aromatic carbocycles. The first-order valence-electron chi connectivity index (χ1n) is 7.72. The highest BCUT2D eigenvalue weighted by Gasteiger charge is 2.14. The van der Waals surface area contributed by atoms with E-state index in [0.29, 0.717) is 0 Å². The first kappa shape index (κ1) is 16.2. The Kier molecular flexibility index (Phi) is 4.79. The summed E-state index contributed by atoms with van der Waals surface area (Å²) in [4.78, 5) is 3.97. The fraction of sp³-hybridized carbons (Fsp3) is 0.200. The molecule has 3 rings (SSSR count). The minimum Gasteiger partial charge on any atom is -0.324 e. The van der Waals surface area contributed by atoms with Crippen LogP contribution in [-0.2, 0) is 0 Å². The minimum absolute atomic E-state index is 1.25. The highest BCUT2D eigenvalue weighted by molar-refractivity contribution is 8.00. The molecule has 1 aromatic heterocycles. The SMILES string of the molecule is Cc1ccc(SNc2c(C)sc(-c3ccccc3)c2C)c(C)c1. The Hall–Kier alpha value is -1.71. The van der Waals surface area contributed by atoms with Gasteiger partial charge < -0.3 is 4.72 Å². The van der Waals surface area contributed by atoms with Crippen LogP contribution in [-0.4, -0.2) is 0 Å². The van der Waals surface area contributed by atoms with E-state index in [4.69, 9.17) is 0 Å². The lowest BCUT2D eigenvalue weighted by atomic mass is 10.1. The Morgan fingerprint density at radius 1 is 0.913 bits per heavy atom. The van der Waals surface area contributed by atoms with Gasteiger partial charge in [0, 0.05) is 14.6 Å². The van der Waals surface area contributed by atoms with Gasteiger partial charge >= 0.3 is 0 Å². The van der Waals surface area contributed by atoms with Crippen LogP contribution >= 0.6 is 23.3 Å². The third kappa shape index (κ3) is 3.46. The number of hydrogen-bond donors (Lipinski definition) is 1. The Labute approximate surface area is 146 Å². The molecule has 0 atom stereocenters. The zero-order valence-corrected chi connectivity index (χ0v) is 15.6. The monoisotopic (exact) mass is 339 g/mol. The predicted octanol–water partition coefficient (Wildman–Crippen LogP) is 6.77. The van der Waals surface area contributed by atoms with Gasteiger partial charge in [-0.25, -0.2) is 0 Å². The summed E-state index contributed by atoms with van der Waals surface area (Å²) in [5.41, 5.74) is 6.50. The smallest absolute Gasteiger partial charge is 0.0616 e. The van der Waals surface area contributed by atoms with Gasteiger partial charge in [0.05, 0.1) is 5.69 Å². The van der Waals surface area contributed by atoms with Gasteiger partial charge in [0.15, 0.2) is 0 Å². The molecular formula is C20H21NS2. The van der Waals surface area contributed by atoms with Gasteiger partial charge in [0.1, 0.15) is 0 Å². The zero-order valence-electron chi connectivity index (χ0n) is 13.9. The lowest BCUT2D eigenvalue weighted by Crippen LogP contribution is -1.91. The number of nitrogens with one attached hydrogen (secondary N) is 1. The van der Waals surface area contributed by atoms with E-state index in [9.17, 15) is 0 Å². The van der Waals surface area contributed by atoms with Crippen molar-refractivity contribution in [3.63, 3.8) is 0 Å². The molecule has 0 bridgehead atoms. The average Bonchev–Trinajstić information content (AvgIpc) is 2.82. The van der Waals surface area contributed by atoms with Crippen molar-refractivity contribution in [1.29, 1.82) is 0 Å². The van der Waals surface area contributed by atoms with Crippen molar-refractivity contribution in [3.05, 3.63) is 70.1 Å². The van der Waals surface area contributed by atoms with Crippen LogP contribution in [0.3, 0.4) is 0 Å². The molecule has 1 nitrogen and oxygen atoms in total. The van der Waals surface area contributed by atoms with E-state index < -0.39 is 0 Å².